The molecule has 0 bridgehead atoms. The summed E-state index contributed by atoms with van der Waals surface area (Å²) < 4.78 is 11.8. The van der Waals surface area contributed by atoms with Crippen molar-refractivity contribution in [1.29, 1.82) is 0 Å². The molecule has 2 aliphatic heterocycles. The maximum absolute atomic E-state index is 5.92. The van der Waals surface area contributed by atoms with Crippen molar-refractivity contribution in [2.45, 2.75) is 38.9 Å². The molecule has 0 saturated carbocycles. The quantitative estimate of drug-likeness (QED) is 0.695. The van der Waals surface area contributed by atoms with E-state index in [0.717, 1.165) is 13.1 Å². The number of halogens is 1. The second-order valence-electron chi connectivity index (χ2n) is 5.00. The molecule has 2 heterocycles. The number of hydrogen-bond acceptors (Lipinski definition) is 3. The van der Waals surface area contributed by atoms with Crippen LogP contribution < -0.4 is 5.32 Å². The zero-order valence-corrected chi connectivity index (χ0v) is 10.6. The summed E-state index contributed by atoms with van der Waals surface area (Å²) in [7, 11) is -0.157. The SMILES string of the molecule is CC1(C)OB(C2=CCNC2)OC1(C)C.Cl. The molecule has 2 rings (SSSR count). The molecule has 0 aromatic carbocycles. The topological polar surface area (TPSA) is 30.5 Å². The molecule has 5 heteroatoms. The Morgan fingerprint density at radius 3 is 2.13 bits per heavy atom. The fraction of sp³-hybridized carbons (Fsp3) is 0.800. The lowest BCUT2D eigenvalue weighted by Gasteiger charge is -2.32. The summed E-state index contributed by atoms with van der Waals surface area (Å²) in [6.45, 7) is 10.1. The lowest BCUT2D eigenvalue weighted by atomic mass is 9.79. The largest absolute Gasteiger partial charge is 0.491 e. The molecule has 0 spiro atoms. The Labute approximate surface area is 98.1 Å². The fourth-order valence-electron chi connectivity index (χ4n) is 1.67. The predicted octanol–water partition coefficient (Wildman–Crippen LogP) is 1.57. The molecule has 0 amide bonds. The molecular formula is C10H19BClNO2. The molecule has 15 heavy (non-hydrogen) atoms. The van der Waals surface area contributed by atoms with Gasteiger partial charge >= 0.3 is 7.12 Å². The maximum Gasteiger partial charge on any atom is 0.491 e. The first kappa shape index (κ1) is 13.0. The number of nitrogens with one attached hydrogen (secondary N) is 1. The van der Waals surface area contributed by atoms with Gasteiger partial charge in [-0.25, -0.2) is 0 Å². The minimum Gasteiger partial charge on any atom is -0.400 e. The second-order valence-corrected chi connectivity index (χ2v) is 5.00. The van der Waals surface area contributed by atoms with E-state index in [2.05, 4.69) is 39.1 Å². The van der Waals surface area contributed by atoms with Gasteiger partial charge in [0.2, 0.25) is 0 Å². The van der Waals surface area contributed by atoms with E-state index < -0.39 is 0 Å². The summed E-state index contributed by atoms with van der Waals surface area (Å²) in [5.74, 6) is 0. The van der Waals surface area contributed by atoms with Crippen molar-refractivity contribution >= 4 is 19.5 Å². The molecule has 0 aliphatic carbocycles. The van der Waals surface area contributed by atoms with Gasteiger partial charge in [-0.05, 0) is 33.2 Å². The lowest BCUT2D eigenvalue weighted by Crippen LogP contribution is -2.41. The minimum atomic E-state index is -0.221. The number of hydrogen-bond donors (Lipinski definition) is 1. The molecule has 2 aliphatic rings. The Balaban J connectivity index is 0.00000112. The van der Waals surface area contributed by atoms with Crippen molar-refractivity contribution in [3.8, 4) is 0 Å². The van der Waals surface area contributed by atoms with Crippen LogP contribution in [0.3, 0.4) is 0 Å². The lowest BCUT2D eigenvalue weighted by molar-refractivity contribution is 0.00578. The van der Waals surface area contributed by atoms with E-state index in [0.29, 0.717) is 0 Å². The number of rotatable bonds is 1. The Hall–Kier alpha value is -0.0251. The highest BCUT2D eigenvalue weighted by molar-refractivity contribution is 6.54. The minimum absolute atomic E-state index is 0. The molecule has 0 aromatic rings. The van der Waals surface area contributed by atoms with E-state index in [9.17, 15) is 0 Å². The van der Waals surface area contributed by atoms with Crippen molar-refractivity contribution in [3.05, 3.63) is 11.5 Å². The predicted molar refractivity (Wildman–Crippen MR) is 64.3 cm³/mol. The summed E-state index contributed by atoms with van der Waals surface area (Å²) in [6, 6.07) is 0. The van der Waals surface area contributed by atoms with Crippen LogP contribution in [0, 0.1) is 0 Å². The Morgan fingerprint density at radius 2 is 1.73 bits per heavy atom. The Morgan fingerprint density at radius 1 is 1.20 bits per heavy atom. The van der Waals surface area contributed by atoms with Gasteiger partial charge in [-0.2, -0.15) is 0 Å². The van der Waals surface area contributed by atoms with Crippen LogP contribution in [0.4, 0.5) is 0 Å². The third kappa shape index (κ3) is 2.23. The third-order valence-electron chi connectivity index (χ3n) is 3.39. The monoisotopic (exact) mass is 231 g/mol. The highest BCUT2D eigenvalue weighted by Gasteiger charge is 2.52. The molecule has 3 nitrogen and oxygen atoms in total. The smallest absolute Gasteiger partial charge is 0.400 e. The Kier molecular flexibility index (Phi) is 3.56. The Bertz CT molecular complexity index is 263. The molecule has 0 atom stereocenters. The van der Waals surface area contributed by atoms with E-state index >= 15 is 0 Å². The molecule has 0 radical (unpaired) electrons. The summed E-state index contributed by atoms with van der Waals surface area (Å²) in [4.78, 5) is 0. The van der Waals surface area contributed by atoms with Crippen LogP contribution in [0.25, 0.3) is 0 Å². The highest BCUT2D eigenvalue weighted by Crippen LogP contribution is 2.38. The van der Waals surface area contributed by atoms with Crippen LogP contribution in [-0.2, 0) is 9.31 Å². The van der Waals surface area contributed by atoms with Gasteiger partial charge in [0.05, 0.1) is 11.2 Å². The van der Waals surface area contributed by atoms with Crippen molar-refractivity contribution in [2.75, 3.05) is 13.1 Å². The van der Waals surface area contributed by atoms with Crippen LogP contribution in [0.2, 0.25) is 0 Å². The van der Waals surface area contributed by atoms with Gasteiger partial charge in [-0.1, -0.05) is 6.08 Å². The van der Waals surface area contributed by atoms with E-state index in [4.69, 9.17) is 9.31 Å². The van der Waals surface area contributed by atoms with E-state index in [-0.39, 0.29) is 30.7 Å². The average molecular weight is 232 g/mol. The summed E-state index contributed by atoms with van der Waals surface area (Å²) in [6.07, 6.45) is 2.15. The van der Waals surface area contributed by atoms with Gasteiger partial charge in [0.1, 0.15) is 0 Å². The van der Waals surface area contributed by atoms with Gasteiger partial charge in [-0.15, -0.1) is 12.4 Å². The first-order chi connectivity index (χ1) is 6.42. The molecule has 0 unspecified atom stereocenters. The summed E-state index contributed by atoms with van der Waals surface area (Å²) in [5, 5.41) is 3.25. The van der Waals surface area contributed by atoms with Crippen molar-refractivity contribution in [3.63, 3.8) is 0 Å². The van der Waals surface area contributed by atoms with Crippen LogP contribution in [0.5, 0.6) is 0 Å². The van der Waals surface area contributed by atoms with Gasteiger partial charge in [-0.3, -0.25) is 0 Å². The van der Waals surface area contributed by atoms with Crippen LogP contribution >= 0.6 is 12.4 Å². The highest BCUT2D eigenvalue weighted by atomic mass is 35.5. The average Bonchev–Trinajstić information content (AvgIpc) is 2.58. The normalized spacial score (nSPS) is 27.5. The molecule has 1 fully saturated rings. The van der Waals surface area contributed by atoms with Crippen molar-refractivity contribution < 1.29 is 9.31 Å². The molecule has 1 saturated heterocycles. The maximum atomic E-state index is 5.92. The van der Waals surface area contributed by atoms with E-state index in [1.165, 1.54) is 5.47 Å². The first-order valence-electron chi connectivity index (χ1n) is 5.18. The zero-order chi connectivity index (χ0) is 10.4. The zero-order valence-electron chi connectivity index (χ0n) is 9.79. The molecule has 0 aromatic heterocycles. The fourth-order valence-corrected chi connectivity index (χ4v) is 1.67. The van der Waals surface area contributed by atoms with Crippen LogP contribution in [0.15, 0.2) is 11.5 Å². The van der Waals surface area contributed by atoms with E-state index in [1.807, 2.05) is 0 Å². The van der Waals surface area contributed by atoms with Crippen LogP contribution in [0.1, 0.15) is 27.7 Å². The second kappa shape index (κ2) is 4.09. The van der Waals surface area contributed by atoms with Crippen molar-refractivity contribution in [1.82, 2.24) is 5.32 Å². The standard InChI is InChI=1S/C10H18BNO2.ClH/c1-9(2)10(3,4)14-11(13-9)8-5-6-12-7-8;/h5,12H,6-7H2,1-4H3;1H. The molecule has 1 N–H and O–H groups in total. The van der Waals surface area contributed by atoms with Gasteiger partial charge in [0, 0.05) is 13.1 Å². The third-order valence-corrected chi connectivity index (χ3v) is 3.39. The molecule has 86 valence electrons. The van der Waals surface area contributed by atoms with Crippen molar-refractivity contribution in [2.24, 2.45) is 0 Å². The summed E-state index contributed by atoms with van der Waals surface area (Å²) in [5.41, 5.74) is 0.783. The molecular weight excluding hydrogens is 212 g/mol. The van der Waals surface area contributed by atoms with Gasteiger partial charge in [0.25, 0.3) is 0 Å². The van der Waals surface area contributed by atoms with Gasteiger partial charge in [0.15, 0.2) is 0 Å². The summed E-state index contributed by atoms with van der Waals surface area (Å²) >= 11 is 0. The first-order valence-corrected chi connectivity index (χ1v) is 5.18. The van der Waals surface area contributed by atoms with E-state index in [1.54, 1.807) is 0 Å². The van der Waals surface area contributed by atoms with Gasteiger partial charge < -0.3 is 14.6 Å². The van der Waals surface area contributed by atoms with Crippen LogP contribution in [-0.4, -0.2) is 31.4 Å².